The lowest BCUT2D eigenvalue weighted by molar-refractivity contribution is 0.159. The van der Waals surface area contributed by atoms with Crippen LogP contribution in [0.15, 0.2) is 18.2 Å². The lowest BCUT2D eigenvalue weighted by atomic mass is 9.98. The van der Waals surface area contributed by atoms with Crippen LogP contribution < -0.4 is 5.73 Å². The second kappa shape index (κ2) is 5.19. The fourth-order valence-corrected chi connectivity index (χ4v) is 2.85. The standard InChI is InChI=1S/C15H24N2/c1-11-7-12(2)9-14(8-11)13(3)17-6-4-5-15(16)10-17/h7-9,13,15H,4-6,10,16H2,1-3H3. The molecule has 1 aromatic carbocycles. The van der Waals surface area contributed by atoms with Gasteiger partial charge in [0, 0.05) is 18.6 Å². The maximum absolute atomic E-state index is 6.06. The quantitative estimate of drug-likeness (QED) is 0.849. The molecule has 1 heterocycles. The molecule has 2 nitrogen and oxygen atoms in total. The second-order valence-electron chi connectivity index (χ2n) is 5.49. The van der Waals surface area contributed by atoms with Crippen molar-refractivity contribution in [1.82, 2.24) is 4.90 Å². The highest BCUT2D eigenvalue weighted by Gasteiger charge is 2.22. The number of aryl methyl sites for hydroxylation is 2. The monoisotopic (exact) mass is 232 g/mol. The van der Waals surface area contributed by atoms with Gasteiger partial charge in [0.1, 0.15) is 0 Å². The van der Waals surface area contributed by atoms with Gasteiger partial charge in [-0.1, -0.05) is 29.3 Å². The van der Waals surface area contributed by atoms with E-state index in [1.165, 1.54) is 36.1 Å². The van der Waals surface area contributed by atoms with Gasteiger partial charge in [-0.15, -0.1) is 0 Å². The smallest absolute Gasteiger partial charge is 0.0320 e. The number of piperidine rings is 1. The van der Waals surface area contributed by atoms with E-state index in [2.05, 4.69) is 43.9 Å². The molecule has 0 bridgehead atoms. The molecular formula is C15H24N2. The molecule has 0 saturated carbocycles. The highest BCUT2D eigenvalue weighted by atomic mass is 15.2. The van der Waals surface area contributed by atoms with Crippen LogP contribution in [-0.4, -0.2) is 24.0 Å². The van der Waals surface area contributed by atoms with Crippen LogP contribution in [0.1, 0.15) is 42.5 Å². The number of nitrogens with two attached hydrogens (primary N) is 1. The zero-order valence-electron chi connectivity index (χ0n) is 11.2. The maximum Gasteiger partial charge on any atom is 0.0320 e. The Kier molecular flexibility index (Phi) is 3.85. The van der Waals surface area contributed by atoms with Crippen molar-refractivity contribution in [2.45, 2.75) is 45.7 Å². The van der Waals surface area contributed by atoms with Crippen molar-refractivity contribution >= 4 is 0 Å². The van der Waals surface area contributed by atoms with Crippen LogP contribution in [0.4, 0.5) is 0 Å². The first kappa shape index (κ1) is 12.6. The van der Waals surface area contributed by atoms with Gasteiger partial charge in [-0.2, -0.15) is 0 Å². The molecule has 2 heteroatoms. The van der Waals surface area contributed by atoms with Gasteiger partial charge in [0.05, 0.1) is 0 Å². The van der Waals surface area contributed by atoms with Crippen molar-refractivity contribution in [3.05, 3.63) is 34.9 Å². The number of rotatable bonds is 2. The fourth-order valence-electron chi connectivity index (χ4n) is 2.85. The molecule has 2 unspecified atom stereocenters. The van der Waals surface area contributed by atoms with Gasteiger partial charge in [-0.25, -0.2) is 0 Å². The summed E-state index contributed by atoms with van der Waals surface area (Å²) in [6.45, 7) is 8.86. The summed E-state index contributed by atoms with van der Waals surface area (Å²) in [6, 6.07) is 7.69. The van der Waals surface area contributed by atoms with Crippen LogP contribution in [0, 0.1) is 13.8 Å². The molecule has 0 amide bonds. The molecule has 0 radical (unpaired) electrons. The van der Waals surface area contributed by atoms with E-state index in [1.54, 1.807) is 0 Å². The molecule has 94 valence electrons. The first-order valence-electron chi connectivity index (χ1n) is 6.64. The van der Waals surface area contributed by atoms with Crippen molar-refractivity contribution in [1.29, 1.82) is 0 Å². The van der Waals surface area contributed by atoms with Crippen LogP contribution >= 0.6 is 0 Å². The number of hydrogen-bond donors (Lipinski definition) is 1. The zero-order chi connectivity index (χ0) is 12.4. The van der Waals surface area contributed by atoms with Crippen LogP contribution in [0.25, 0.3) is 0 Å². The van der Waals surface area contributed by atoms with Crippen molar-refractivity contribution in [2.75, 3.05) is 13.1 Å². The lowest BCUT2D eigenvalue weighted by Gasteiger charge is -2.35. The molecule has 1 saturated heterocycles. The first-order chi connectivity index (χ1) is 8.06. The summed E-state index contributed by atoms with van der Waals surface area (Å²) in [4.78, 5) is 2.52. The SMILES string of the molecule is Cc1cc(C)cc(C(C)N2CCCC(N)C2)c1. The molecule has 17 heavy (non-hydrogen) atoms. The highest BCUT2D eigenvalue weighted by Crippen LogP contribution is 2.25. The Balaban J connectivity index is 2.15. The van der Waals surface area contributed by atoms with Crippen molar-refractivity contribution in [3.63, 3.8) is 0 Å². The minimum absolute atomic E-state index is 0.358. The summed E-state index contributed by atoms with van der Waals surface area (Å²) in [5, 5.41) is 0. The summed E-state index contributed by atoms with van der Waals surface area (Å²) in [6.07, 6.45) is 2.41. The average molecular weight is 232 g/mol. The van der Waals surface area contributed by atoms with Crippen molar-refractivity contribution < 1.29 is 0 Å². The Bertz CT molecular complexity index is 366. The van der Waals surface area contributed by atoms with E-state index in [4.69, 9.17) is 5.73 Å². The molecule has 1 aliphatic rings. The Morgan fingerprint density at radius 1 is 1.24 bits per heavy atom. The van der Waals surface area contributed by atoms with E-state index in [1.807, 2.05) is 0 Å². The molecule has 1 aromatic rings. The fraction of sp³-hybridized carbons (Fsp3) is 0.600. The Labute approximate surface area is 105 Å². The Morgan fingerprint density at radius 2 is 1.88 bits per heavy atom. The second-order valence-corrected chi connectivity index (χ2v) is 5.49. The lowest BCUT2D eigenvalue weighted by Crippen LogP contribution is -2.43. The number of nitrogens with zero attached hydrogens (tertiary/aromatic N) is 1. The van der Waals surface area contributed by atoms with Crippen LogP contribution in [-0.2, 0) is 0 Å². The molecule has 0 aliphatic carbocycles. The summed E-state index contributed by atoms with van der Waals surface area (Å²) in [5.74, 6) is 0. The predicted octanol–water partition coefficient (Wildman–Crippen LogP) is 2.79. The molecule has 0 aromatic heterocycles. The van der Waals surface area contributed by atoms with E-state index in [-0.39, 0.29) is 0 Å². The van der Waals surface area contributed by atoms with Gasteiger partial charge < -0.3 is 5.73 Å². The predicted molar refractivity (Wildman–Crippen MR) is 73.1 cm³/mol. The van der Waals surface area contributed by atoms with Gasteiger partial charge in [-0.3, -0.25) is 4.90 Å². The molecule has 0 spiro atoms. The van der Waals surface area contributed by atoms with E-state index in [9.17, 15) is 0 Å². The zero-order valence-corrected chi connectivity index (χ0v) is 11.2. The number of benzene rings is 1. The minimum Gasteiger partial charge on any atom is -0.327 e. The highest BCUT2D eigenvalue weighted by molar-refractivity contribution is 5.30. The van der Waals surface area contributed by atoms with Gasteiger partial charge in [0.2, 0.25) is 0 Å². The summed E-state index contributed by atoms with van der Waals surface area (Å²) in [5.41, 5.74) is 10.2. The topological polar surface area (TPSA) is 29.3 Å². The molecule has 2 rings (SSSR count). The maximum atomic E-state index is 6.06. The third-order valence-corrected chi connectivity index (χ3v) is 3.76. The summed E-state index contributed by atoms with van der Waals surface area (Å²) < 4.78 is 0. The third kappa shape index (κ3) is 3.08. The van der Waals surface area contributed by atoms with Gasteiger partial charge in [0.15, 0.2) is 0 Å². The van der Waals surface area contributed by atoms with Crippen molar-refractivity contribution in [2.24, 2.45) is 5.73 Å². The van der Waals surface area contributed by atoms with Crippen LogP contribution in [0.5, 0.6) is 0 Å². The van der Waals surface area contributed by atoms with E-state index < -0.39 is 0 Å². The summed E-state index contributed by atoms with van der Waals surface area (Å²) >= 11 is 0. The minimum atomic E-state index is 0.358. The number of likely N-dealkylation sites (tertiary alicyclic amines) is 1. The normalized spacial score (nSPS) is 23.6. The van der Waals surface area contributed by atoms with Gasteiger partial charge >= 0.3 is 0 Å². The summed E-state index contributed by atoms with van der Waals surface area (Å²) in [7, 11) is 0. The molecular weight excluding hydrogens is 208 g/mol. The largest absolute Gasteiger partial charge is 0.327 e. The molecule has 2 atom stereocenters. The third-order valence-electron chi connectivity index (χ3n) is 3.76. The molecule has 1 aliphatic heterocycles. The number of hydrogen-bond acceptors (Lipinski definition) is 2. The Morgan fingerprint density at radius 3 is 2.47 bits per heavy atom. The van der Waals surface area contributed by atoms with Crippen molar-refractivity contribution in [3.8, 4) is 0 Å². The Hall–Kier alpha value is -0.860. The van der Waals surface area contributed by atoms with E-state index in [0.717, 1.165) is 6.54 Å². The van der Waals surface area contributed by atoms with E-state index in [0.29, 0.717) is 12.1 Å². The van der Waals surface area contributed by atoms with Gasteiger partial charge in [0.25, 0.3) is 0 Å². The first-order valence-corrected chi connectivity index (χ1v) is 6.64. The van der Waals surface area contributed by atoms with E-state index >= 15 is 0 Å². The molecule has 1 fully saturated rings. The van der Waals surface area contributed by atoms with Gasteiger partial charge in [-0.05, 0) is 45.7 Å². The molecule has 2 N–H and O–H groups in total. The van der Waals surface area contributed by atoms with Crippen LogP contribution in [0.3, 0.4) is 0 Å². The van der Waals surface area contributed by atoms with Crippen LogP contribution in [0.2, 0.25) is 0 Å². The average Bonchev–Trinajstić information content (AvgIpc) is 2.26.